The van der Waals surface area contributed by atoms with E-state index in [2.05, 4.69) is 0 Å². The van der Waals surface area contributed by atoms with Gasteiger partial charge in [-0.15, -0.1) is 0 Å². The van der Waals surface area contributed by atoms with Gasteiger partial charge < -0.3 is 25.1 Å². The number of ether oxygens (including phenoxy) is 3. The van der Waals surface area contributed by atoms with Gasteiger partial charge in [0.05, 0.1) is 27.9 Å². The average molecular weight is 241 g/mol. The first-order valence-corrected chi connectivity index (χ1v) is 5.32. The molecule has 0 amide bonds. The lowest BCUT2D eigenvalue weighted by atomic mass is 9.98. The number of aliphatic hydroxyl groups is 1. The van der Waals surface area contributed by atoms with Gasteiger partial charge in [0.2, 0.25) is 0 Å². The Labute approximate surface area is 101 Å². The van der Waals surface area contributed by atoms with Crippen molar-refractivity contribution in [2.75, 3.05) is 34.5 Å². The molecular formula is C12H19NO4. The number of hydrogen-bond donors (Lipinski definition) is 2. The fraction of sp³-hybridized carbons (Fsp3) is 0.500. The lowest BCUT2D eigenvalue weighted by Gasteiger charge is -2.18. The predicted molar refractivity (Wildman–Crippen MR) is 65.0 cm³/mol. The van der Waals surface area contributed by atoms with E-state index in [-0.39, 0.29) is 12.5 Å². The second-order valence-electron chi connectivity index (χ2n) is 3.56. The van der Waals surface area contributed by atoms with Crippen molar-refractivity contribution >= 4 is 0 Å². The Morgan fingerprint density at radius 2 is 1.59 bits per heavy atom. The molecule has 0 aliphatic rings. The lowest BCUT2D eigenvalue weighted by molar-refractivity contribution is 0.263. The van der Waals surface area contributed by atoms with Crippen molar-refractivity contribution < 1.29 is 19.3 Å². The summed E-state index contributed by atoms with van der Waals surface area (Å²) in [6.45, 7) is 0.296. The summed E-state index contributed by atoms with van der Waals surface area (Å²) in [6.07, 6.45) is 0. The number of aliphatic hydroxyl groups excluding tert-OH is 1. The Hall–Kier alpha value is -1.46. The molecule has 17 heavy (non-hydrogen) atoms. The molecule has 5 nitrogen and oxygen atoms in total. The molecule has 1 atom stereocenters. The molecule has 1 unspecified atom stereocenters. The summed E-state index contributed by atoms with van der Waals surface area (Å²) in [5.41, 5.74) is 6.43. The molecule has 0 fully saturated rings. The molecule has 3 N–H and O–H groups in total. The molecule has 0 aromatic heterocycles. The van der Waals surface area contributed by atoms with E-state index >= 15 is 0 Å². The Bertz CT molecular complexity index is 364. The number of methoxy groups -OCH3 is 3. The molecule has 0 bridgehead atoms. The van der Waals surface area contributed by atoms with Crippen molar-refractivity contribution in [2.45, 2.75) is 5.92 Å². The van der Waals surface area contributed by atoms with Crippen molar-refractivity contribution in [3.8, 4) is 17.2 Å². The molecule has 96 valence electrons. The quantitative estimate of drug-likeness (QED) is 0.768. The van der Waals surface area contributed by atoms with Gasteiger partial charge >= 0.3 is 0 Å². The number of rotatable bonds is 6. The van der Waals surface area contributed by atoms with Crippen LogP contribution < -0.4 is 19.9 Å². The van der Waals surface area contributed by atoms with Gasteiger partial charge in [-0.25, -0.2) is 0 Å². The highest BCUT2D eigenvalue weighted by Gasteiger charge is 2.18. The summed E-state index contributed by atoms with van der Waals surface area (Å²) >= 11 is 0. The molecule has 0 saturated carbocycles. The summed E-state index contributed by atoms with van der Waals surface area (Å²) in [6, 6.07) is 3.51. The van der Waals surface area contributed by atoms with Crippen molar-refractivity contribution in [1.29, 1.82) is 0 Å². The summed E-state index contributed by atoms with van der Waals surface area (Å²) < 4.78 is 15.7. The van der Waals surface area contributed by atoms with Gasteiger partial charge in [0, 0.05) is 24.1 Å². The minimum absolute atomic E-state index is 0.0393. The van der Waals surface area contributed by atoms with E-state index in [0.717, 1.165) is 5.56 Å². The molecule has 0 aliphatic heterocycles. The van der Waals surface area contributed by atoms with Crippen LogP contribution in [0.3, 0.4) is 0 Å². The zero-order valence-electron chi connectivity index (χ0n) is 10.4. The van der Waals surface area contributed by atoms with E-state index in [4.69, 9.17) is 19.9 Å². The van der Waals surface area contributed by atoms with Crippen molar-refractivity contribution in [3.05, 3.63) is 17.7 Å². The van der Waals surface area contributed by atoms with Crippen LogP contribution in [0, 0.1) is 0 Å². The maximum atomic E-state index is 9.28. The SMILES string of the molecule is COc1cc(OC)c(C(CN)CO)cc1OC. The smallest absolute Gasteiger partial charge is 0.164 e. The monoisotopic (exact) mass is 241 g/mol. The molecule has 0 heterocycles. The third kappa shape index (κ3) is 2.81. The van der Waals surface area contributed by atoms with Gasteiger partial charge in [-0.3, -0.25) is 0 Å². The Balaban J connectivity index is 3.27. The number of hydrogen-bond acceptors (Lipinski definition) is 5. The standard InChI is InChI=1S/C12H19NO4/c1-15-10-5-12(17-3)11(16-2)4-9(10)8(6-13)7-14/h4-5,8,14H,6-7,13H2,1-3H3. The van der Waals surface area contributed by atoms with Gasteiger partial charge in [0.1, 0.15) is 5.75 Å². The highest BCUT2D eigenvalue weighted by molar-refractivity contribution is 5.52. The molecule has 1 aromatic carbocycles. The van der Waals surface area contributed by atoms with Gasteiger partial charge in [0.25, 0.3) is 0 Å². The van der Waals surface area contributed by atoms with Crippen LogP contribution in [0.2, 0.25) is 0 Å². The zero-order valence-corrected chi connectivity index (χ0v) is 10.4. The van der Waals surface area contributed by atoms with E-state index in [9.17, 15) is 5.11 Å². The Kier molecular flexibility index (Phi) is 5.06. The summed E-state index contributed by atoms with van der Waals surface area (Å²) in [5, 5.41) is 9.28. The van der Waals surface area contributed by atoms with Gasteiger partial charge in [-0.2, -0.15) is 0 Å². The van der Waals surface area contributed by atoms with Crippen LogP contribution in [0.4, 0.5) is 0 Å². The molecule has 1 rings (SSSR count). The normalized spacial score (nSPS) is 12.1. The molecule has 0 saturated heterocycles. The molecular weight excluding hydrogens is 222 g/mol. The van der Waals surface area contributed by atoms with Crippen LogP contribution in [-0.2, 0) is 0 Å². The number of benzene rings is 1. The molecule has 0 aliphatic carbocycles. The van der Waals surface area contributed by atoms with Gasteiger partial charge in [-0.05, 0) is 6.07 Å². The Morgan fingerprint density at radius 3 is 2.00 bits per heavy atom. The Morgan fingerprint density at radius 1 is 1.06 bits per heavy atom. The number of nitrogens with two attached hydrogens (primary N) is 1. The first-order chi connectivity index (χ1) is 8.21. The van der Waals surface area contributed by atoms with E-state index in [1.54, 1.807) is 33.5 Å². The fourth-order valence-electron chi connectivity index (χ4n) is 1.67. The maximum Gasteiger partial charge on any atom is 0.164 e. The zero-order chi connectivity index (χ0) is 12.8. The third-order valence-corrected chi connectivity index (χ3v) is 2.68. The topological polar surface area (TPSA) is 73.9 Å². The van der Waals surface area contributed by atoms with Crippen LogP contribution in [-0.4, -0.2) is 39.6 Å². The summed E-state index contributed by atoms with van der Waals surface area (Å²) in [5.74, 6) is 1.63. The van der Waals surface area contributed by atoms with Crippen molar-refractivity contribution in [1.82, 2.24) is 0 Å². The van der Waals surface area contributed by atoms with Crippen LogP contribution >= 0.6 is 0 Å². The van der Waals surface area contributed by atoms with E-state index in [1.807, 2.05) is 0 Å². The third-order valence-electron chi connectivity index (χ3n) is 2.68. The van der Waals surface area contributed by atoms with Crippen molar-refractivity contribution in [2.24, 2.45) is 5.73 Å². The van der Waals surface area contributed by atoms with Crippen LogP contribution in [0.15, 0.2) is 12.1 Å². The minimum atomic E-state index is -0.176. The first kappa shape index (κ1) is 13.6. The molecule has 1 aromatic rings. The minimum Gasteiger partial charge on any atom is -0.496 e. The van der Waals surface area contributed by atoms with E-state index in [1.165, 1.54) is 0 Å². The first-order valence-electron chi connectivity index (χ1n) is 5.32. The lowest BCUT2D eigenvalue weighted by Crippen LogP contribution is -2.17. The maximum absolute atomic E-state index is 9.28. The van der Waals surface area contributed by atoms with E-state index in [0.29, 0.717) is 23.8 Å². The molecule has 5 heteroatoms. The van der Waals surface area contributed by atoms with Crippen LogP contribution in [0.25, 0.3) is 0 Å². The fourth-order valence-corrected chi connectivity index (χ4v) is 1.67. The largest absolute Gasteiger partial charge is 0.496 e. The highest BCUT2D eigenvalue weighted by Crippen LogP contribution is 2.37. The summed E-state index contributed by atoms with van der Waals surface area (Å²) in [7, 11) is 4.68. The second kappa shape index (κ2) is 6.32. The predicted octanol–water partition coefficient (Wildman–Crippen LogP) is 0.747. The average Bonchev–Trinajstić information content (AvgIpc) is 2.39. The highest BCUT2D eigenvalue weighted by atomic mass is 16.5. The van der Waals surface area contributed by atoms with Crippen molar-refractivity contribution in [3.63, 3.8) is 0 Å². The van der Waals surface area contributed by atoms with Gasteiger partial charge in [0.15, 0.2) is 11.5 Å². The van der Waals surface area contributed by atoms with Crippen LogP contribution in [0.5, 0.6) is 17.2 Å². The molecule has 0 spiro atoms. The van der Waals surface area contributed by atoms with E-state index < -0.39 is 0 Å². The van der Waals surface area contributed by atoms with Gasteiger partial charge in [-0.1, -0.05) is 0 Å². The molecule has 0 radical (unpaired) electrons. The second-order valence-corrected chi connectivity index (χ2v) is 3.56. The van der Waals surface area contributed by atoms with Crippen LogP contribution in [0.1, 0.15) is 11.5 Å². The summed E-state index contributed by atoms with van der Waals surface area (Å²) in [4.78, 5) is 0.